The van der Waals surface area contributed by atoms with Gasteiger partial charge in [-0.05, 0) is 45.0 Å². The molecule has 2 heterocycles. The maximum atomic E-state index is 12.1. The Balaban J connectivity index is 1.71. The quantitative estimate of drug-likeness (QED) is 0.847. The van der Waals surface area contributed by atoms with E-state index in [0.29, 0.717) is 24.7 Å². The lowest BCUT2D eigenvalue weighted by Crippen LogP contribution is -2.33. The van der Waals surface area contributed by atoms with Gasteiger partial charge in [0.2, 0.25) is 5.89 Å². The Morgan fingerprint density at radius 2 is 1.91 bits per heavy atom. The minimum Gasteiger partial charge on any atom is -0.497 e. The molecule has 1 amide bonds. The normalized spacial score (nSPS) is 13.8. The van der Waals surface area contributed by atoms with Crippen LogP contribution < -0.4 is 4.74 Å². The Bertz CT molecular complexity index is 690. The van der Waals surface area contributed by atoms with Gasteiger partial charge in [0.15, 0.2) is 0 Å². The van der Waals surface area contributed by atoms with Crippen LogP contribution in [0.2, 0.25) is 0 Å². The molecule has 2 aromatic rings. The summed E-state index contributed by atoms with van der Waals surface area (Å²) < 4.78 is 16.3. The largest absolute Gasteiger partial charge is 0.497 e. The molecule has 1 aromatic carbocycles. The summed E-state index contributed by atoms with van der Waals surface area (Å²) in [7, 11) is 1.62. The van der Waals surface area contributed by atoms with Crippen molar-refractivity contribution in [3.8, 4) is 17.2 Å². The zero-order valence-electron chi connectivity index (χ0n) is 13.8. The number of oxazole rings is 1. The van der Waals surface area contributed by atoms with Gasteiger partial charge in [0.05, 0.1) is 20.2 Å². The number of rotatable bonds is 2. The van der Waals surface area contributed by atoms with Crippen molar-refractivity contribution in [2.24, 2.45) is 0 Å². The van der Waals surface area contributed by atoms with E-state index in [1.165, 1.54) is 0 Å². The highest BCUT2D eigenvalue weighted by molar-refractivity contribution is 5.69. The molecule has 0 unspecified atom stereocenters. The van der Waals surface area contributed by atoms with Crippen molar-refractivity contribution in [1.82, 2.24) is 9.88 Å². The molecule has 0 radical (unpaired) electrons. The number of benzene rings is 1. The summed E-state index contributed by atoms with van der Waals surface area (Å²) in [4.78, 5) is 18.1. The number of fused-ring (bicyclic) bond motifs is 1. The summed E-state index contributed by atoms with van der Waals surface area (Å²) in [5.74, 6) is 2.05. The van der Waals surface area contributed by atoms with Gasteiger partial charge in [0.1, 0.15) is 22.8 Å². The van der Waals surface area contributed by atoms with E-state index in [1.807, 2.05) is 45.0 Å². The molecule has 3 rings (SSSR count). The molecule has 1 aliphatic heterocycles. The first-order valence-corrected chi connectivity index (χ1v) is 7.46. The second-order valence-corrected chi connectivity index (χ2v) is 6.45. The third kappa shape index (κ3) is 3.31. The van der Waals surface area contributed by atoms with Crippen molar-refractivity contribution >= 4 is 6.09 Å². The molecule has 6 heteroatoms. The Morgan fingerprint density at radius 1 is 1.22 bits per heavy atom. The van der Waals surface area contributed by atoms with E-state index in [2.05, 4.69) is 4.98 Å². The fraction of sp³-hybridized carbons (Fsp3) is 0.412. The van der Waals surface area contributed by atoms with Crippen LogP contribution in [0.5, 0.6) is 5.75 Å². The van der Waals surface area contributed by atoms with Crippen LogP contribution in [-0.4, -0.2) is 28.7 Å². The molecule has 1 aromatic heterocycles. The van der Waals surface area contributed by atoms with E-state index < -0.39 is 5.60 Å². The molecule has 6 nitrogen and oxygen atoms in total. The molecule has 0 atom stereocenters. The van der Waals surface area contributed by atoms with Gasteiger partial charge in [0, 0.05) is 5.56 Å². The standard InChI is InChI=1S/C17H20N2O4/c1-17(2,3)23-16(20)19-9-13-14(10-19)22-15(18-13)11-5-7-12(21-4)8-6-11/h5-8H,9-10H2,1-4H3. The number of carbonyl (C=O) groups is 1. The van der Waals surface area contributed by atoms with E-state index in [1.54, 1.807) is 12.0 Å². The number of carbonyl (C=O) groups excluding carboxylic acids is 1. The number of hydrogen-bond donors (Lipinski definition) is 0. The van der Waals surface area contributed by atoms with Crippen LogP contribution in [0, 0.1) is 0 Å². The van der Waals surface area contributed by atoms with Crippen molar-refractivity contribution in [2.45, 2.75) is 39.5 Å². The van der Waals surface area contributed by atoms with Gasteiger partial charge in [-0.2, -0.15) is 0 Å². The number of ether oxygens (including phenoxy) is 2. The zero-order valence-corrected chi connectivity index (χ0v) is 13.8. The first-order valence-electron chi connectivity index (χ1n) is 7.46. The van der Waals surface area contributed by atoms with Gasteiger partial charge in [-0.25, -0.2) is 9.78 Å². The van der Waals surface area contributed by atoms with E-state index in [9.17, 15) is 4.79 Å². The average molecular weight is 316 g/mol. The maximum absolute atomic E-state index is 12.1. The molecule has 0 spiro atoms. The van der Waals surface area contributed by atoms with E-state index in [0.717, 1.165) is 17.0 Å². The predicted octanol–water partition coefficient (Wildman–Crippen LogP) is 3.60. The Labute approximate surface area is 135 Å². The molecular formula is C17H20N2O4. The number of methoxy groups -OCH3 is 1. The first kappa shape index (κ1) is 15.4. The zero-order chi connectivity index (χ0) is 16.6. The van der Waals surface area contributed by atoms with Crippen LogP contribution in [0.15, 0.2) is 28.7 Å². The second kappa shape index (κ2) is 5.61. The highest BCUT2D eigenvalue weighted by Gasteiger charge is 2.31. The Kier molecular flexibility index (Phi) is 3.75. The number of aromatic nitrogens is 1. The first-order chi connectivity index (χ1) is 10.9. The van der Waals surface area contributed by atoms with E-state index >= 15 is 0 Å². The average Bonchev–Trinajstić information content (AvgIpc) is 3.04. The molecule has 1 aliphatic rings. The van der Waals surface area contributed by atoms with Gasteiger partial charge >= 0.3 is 6.09 Å². The lowest BCUT2D eigenvalue weighted by atomic mass is 10.2. The smallest absolute Gasteiger partial charge is 0.411 e. The third-order valence-corrected chi connectivity index (χ3v) is 3.44. The molecule has 0 fully saturated rings. The highest BCUT2D eigenvalue weighted by Crippen LogP contribution is 2.30. The van der Waals surface area contributed by atoms with Gasteiger partial charge in [0.25, 0.3) is 0 Å². The molecule has 0 saturated carbocycles. The fourth-order valence-corrected chi connectivity index (χ4v) is 2.35. The van der Waals surface area contributed by atoms with Crippen LogP contribution in [0.4, 0.5) is 4.79 Å². The van der Waals surface area contributed by atoms with E-state index in [-0.39, 0.29) is 6.09 Å². The minimum absolute atomic E-state index is 0.350. The molecule has 0 aliphatic carbocycles. The van der Waals surface area contributed by atoms with E-state index in [4.69, 9.17) is 13.9 Å². The monoisotopic (exact) mass is 316 g/mol. The van der Waals surface area contributed by atoms with Gasteiger partial charge in [-0.15, -0.1) is 0 Å². The molecule has 23 heavy (non-hydrogen) atoms. The van der Waals surface area contributed by atoms with Gasteiger partial charge in [-0.1, -0.05) is 0 Å². The summed E-state index contributed by atoms with van der Waals surface area (Å²) in [6, 6.07) is 7.51. The highest BCUT2D eigenvalue weighted by atomic mass is 16.6. The van der Waals surface area contributed by atoms with Gasteiger partial charge in [-0.3, -0.25) is 4.90 Å². The summed E-state index contributed by atoms with van der Waals surface area (Å²) >= 11 is 0. The Hall–Kier alpha value is -2.50. The predicted molar refractivity (Wildman–Crippen MR) is 84.0 cm³/mol. The summed E-state index contributed by atoms with van der Waals surface area (Å²) in [5.41, 5.74) is 1.15. The number of amides is 1. The number of nitrogens with zero attached hydrogens (tertiary/aromatic N) is 2. The Morgan fingerprint density at radius 3 is 2.48 bits per heavy atom. The van der Waals surface area contributed by atoms with Crippen molar-refractivity contribution in [3.05, 3.63) is 35.7 Å². The lowest BCUT2D eigenvalue weighted by Gasteiger charge is -2.23. The van der Waals surface area contributed by atoms with Crippen molar-refractivity contribution in [1.29, 1.82) is 0 Å². The van der Waals surface area contributed by atoms with Crippen LogP contribution in [0.1, 0.15) is 32.2 Å². The fourth-order valence-electron chi connectivity index (χ4n) is 2.35. The van der Waals surface area contributed by atoms with Crippen molar-refractivity contribution in [2.75, 3.05) is 7.11 Å². The molecule has 0 bridgehead atoms. The molecule has 0 saturated heterocycles. The molecular weight excluding hydrogens is 296 g/mol. The topological polar surface area (TPSA) is 64.8 Å². The SMILES string of the molecule is COc1ccc(-c2nc3c(o2)CN(C(=O)OC(C)(C)C)C3)cc1. The second-order valence-electron chi connectivity index (χ2n) is 6.45. The summed E-state index contributed by atoms with van der Waals surface area (Å²) in [6.45, 7) is 6.33. The summed E-state index contributed by atoms with van der Waals surface area (Å²) in [6.07, 6.45) is -0.350. The maximum Gasteiger partial charge on any atom is 0.411 e. The van der Waals surface area contributed by atoms with Crippen LogP contribution in [0.25, 0.3) is 11.5 Å². The molecule has 0 N–H and O–H groups in total. The minimum atomic E-state index is -0.511. The van der Waals surface area contributed by atoms with Crippen molar-refractivity contribution in [3.63, 3.8) is 0 Å². The summed E-state index contributed by atoms with van der Waals surface area (Å²) in [5, 5.41) is 0. The van der Waals surface area contributed by atoms with Crippen LogP contribution in [-0.2, 0) is 17.8 Å². The van der Waals surface area contributed by atoms with Crippen molar-refractivity contribution < 1.29 is 18.7 Å². The third-order valence-electron chi connectivity index (χ3n) is 3.44. The van der Waals surface area contributed by atoms with Gasteiger partial charge < -0.3 is 13.9 Å². The lowest BCUT2D eigenvalue weighted by molar-refractivity contribution is 0.0232. The van der Waals surface area contributed by atoms with Crippen LogP contribution >= 0.6 is 0 Å². The number of hydrogen-bond acceptors (Lipinski definition) is 5. The molecule has 122 valence electrons. The van der Waals surface area contributed by atoms with Crippen LogP contribution in [0.3, 0.4) is 0 Å².